The second kappa shape index (κ2) is 8.53. The molecule has 2 aromatic carbocycles. The van der Waals surface area contributed by atoms with Gasteiger partial charge in [0.25, 0.3) is 11.8 Å². The van der Waals surface area contributed by atoms with Crippen molar-refractivity contribution in [3.05, 3.63) is 88.5 Å². The summed E-state index contributed by atoms with van der Waals surface area (Å²) in [6.07, 6.45) is -3.30. The highest BCUT2D eigenvalue weighted by Gasteiger charge is 2.37. The van der Waals surface area contributed by atoms with Crippen LogP contribution in [0.3, 0.4) is 0 Å². The highest BCUT2D eigenvalue weighted by Crippen LogP contribution is 2.33. The molecule has 0 radical (unpaired) electrons. The molecular weight excluding hydrogens is 470 g/mol. The van der Waals surface area contributed by atoms with Gasteiger partial charge in [0.05, 0.1) is 16.9 Å². The third kappa shape index (κ3) is 4.12. The lowest BCUT2D eigenvalue weighted by Gasteiger charge is -2.29. The van der Waals surface area contributed by atoms with Gasteiger partial charge in [-0.3, -0.25) is 19.8 Å². The van der Waals surface area contributed by atoms with Crippen molar-refractivity contribution in [3.63, 3.8) is 0 Å². The van der Waals surface area contributed by atoms with Gasteiger partial charge in [0.2, 0.25) is 0 Å². The number of carbonyl (C=O) groups excluding carboxylic acids is 2. The zero-order chi connectivity index (χ0) is 24.8. The highest BCUT2D eigenvalue weighted by atomic mass is 32.1. The number of nitrogens with one attached hydrogen (secondary N) is 1. The SMILES string of the molecule is Cc1cc(/C=C2\C(=O)NC(=S)N(c3cccc(C(F)(F)F)c3)C2=O)c(C)n1-c1ccccc1F. The molecule has 10 heteroatoms. The molecule has 1 fully saturated rings. The summed E-state index contributed by atoms with van der Waals surface area (Å²) in [7, 11) is 0. The number of amides is 2. The van der Waals surface area contributed by atoms with Gasteiger partial charge in [0.1, 0.15) is 11.4 Å². The fourth-order valence-corrected chi connectivity index (χ4v) is 4.09. The summed E-state index contributed by atoms with van der Waals surface area (Å²) in [5.41, 5.74) is 0.575. The Morgan fingerprint density at radius 3 is 2.38 bits per heavy atom. The molecule has 4 rings (SSSR count). The number of alkyl halides is 3. The molecule has 1 saturated heterocycles. The summed E-state index contributed by atoms with van der Waals surface area (Å²) in [5, 5.41) is 2.02. The van der Waals surface area contributed by atoms with Crippen molar-refractivity contribution in [2.45, 2.75) is 20.0 Å². The summed E-state index contributed by atoms with van der Waals surface area (Å²) in [4.78, 5) is 26.6. The molecule has 1 aliphatic rings. The smallest absolute Gasteiger partial charge is 0.315 e. The Hall–Kier alpha value is -3.79. The van der Waals surface area contributed by atoms with Gasteiger partial charge in [-0.05, 0) is 74.1 Å². The minimum atomic E-state index is -4.62. The van der Waals surface area contributed by atoms with Crippen LogP contribution in [0.5, 0.6) is 0 Å². The number of para-hydroxylation sites is 1. The van der Waals surface area contributed by atoms with Crippen LogP contribution in [-0.4, -0.2) is 21.5 Å². The number of aromatic nitrogens is 1. The Bertz CT molecular complexity index is 1370. The lowest BCUT2D eigenvalue weighted by Crippen LogP contribution is -2.54. The number of benzene rings is 2. The molecule has 34 heavy (non-hydrogen) atoms. The van der Waals surface area contributed by atoms with E-state index in [4.69, 9.17) is 12.2 Å². The van der Waals surface area contributed by atoms with Gasteiger partial charge in [0.15, 0.2) is 5.11 Å². The Balaban J connectivity index is 1.77. The molecule has 1 N–H and O–H groups in total. The molecule has 1 aromatic heterocycles. The predicted octanol–water partition coefficient (Wildman–Crippen LogP) is 5.08. The number of anilines is 1. The van der Waals surface area contributed by atoms with Crippen LogP contribution < -0.4 is 10.2 Å². The monoisotopic (exact) mass is 487 g/mol. The maximum absolute atomic E-state index is 14.4. The average molecular weight is 487 g/mol. The van der Waals surface area contributed by atoms with Crippen molar-refractivity contribution in [2.24, 2.45) is 0 Å². The van der Waals surface area contributed by atoms with Crippen molar-refractivity contribution in [1.82, 2.24) is 9.88 Å². The van der Waals surface area contributed by atoms with Gasteiger partial charge in [0, 0.05) is 11.4 Å². The van der Waals surface area contributed by atoms with Crippen LogP contribution >= 0.6 is 12.2 Å². The van der Waals surface area contributed by atoms with Gasteiger partial charge in [-0.15, -0.1) is 0 Å². The zero-order valence-corrected chi connectivity index (χ0v) is 18.7. The summed E-state index contributed by atoms with van der Waals surface area (Å²) in [5.74, 6) is -2.10. The van der Waals surface area contributed by atoms with Crippen molar-refractivity contribution >= 4 is 40.9 Å². The minimum Gasteiger partial charge on any atom is -0.315 e. The van der Waals surface area contributed by atoms with Crippen LogP contribution in [0.4, 0.5) is 23.2 Å². The van der Waals surface area contributed by atoms with Gasteiger partial charge in [-0.1, -0.05) is 18.2 Å². The fraction of sp³-hybridized carbons (Fsp3) is 0.125. The molecule has 0 saturated carbocycles. The zero-order valence-electron chi connectivity index (χ0n) is 17.9. The second-order valence-electron chi connectivity index (χ2n) is 7.62. The fourth-order valence-electron chi connectivity index (χ4n) is 3.81. The molecule has 0 spiro atoms. The lowest BCUT2D eigenvalue weighted by atomic mass is 10.1. The van der Waals surface area contributed by atoms with E-state index < -0.39 is 29.4 Å². The van der Waals surface area contributed by atoms with Crippen molar-refractivity contribution in [2.75, 3.05) is 4.90 Å². The summed E-state index contributed by atoms with van der Waals surface area (Å²) >= 11 is 5.07. The Morgan fingerprint density at radius 2 is 1.71 bits per heavy atom. The number of thiocarbonyl (C=S) groups is 1. The Kier molecular flexibility index (Phi) is 5.86. The first kappa shape index (κ1) is 23.4. The van der Waals surface area contributed by atoms with E-state index >= 15 is 0 Å². The normalized spacial score (nSPS) is 15.8. The van der Waals surface area contributed by atoms with Crippen molar-refractivity contribution < 1.29 is 27.2 Å². The topological polar surface area (TPSA) is 54.3 Å². The van der Waals surface area contributed by atoms with Crippen LogP contribution in [0.15, 0.2) is 60.2 Å². The van der Waals surface area contributed by atoms with E-state index in [2.05, 4.69) is 5.32 Å². The number of hydrogen-bond acceptors (Lipinski definition) is 3. The molecule has 2 heterocycles. The van der Waals surface area contributed by atoms with Gasteiger partial charge in [-0.2, -0.15) is 13.2 Å². The van der Waals surface area contributed by atoms with Crippen LogP contribution in [0.2, 0.25) is 0 Å². The second-order valence-corrected chi connectivity index (χ2v) is 8.01. The maximum atomic E-state index is 14.4. The van der Waals surface area contributed by atoms with Gasteiger partial charge < -0.3 is 4.57 Å². The van der Waals surface area contributed by atoms with E-state index in [0.29, 0.717) is 22.6 Å². The van der Waals surface area contributed by atoms with Gasteiger partial charge in [-0.25, -0.2) is 4.39 Å². The number of rotatable bonds is 3. The van der Waals surface area contributed by atoms with Crippen LogP contribution in [-0.2, 0) is 15.8 Å². The number of nitrogens with zero attached hydrogens (tertiary/aromatic N) is 2. The molecular formula is C24H17F4N3O2S. The number of aryl methyl sites for hydroxylation is 1. The third-order valence-electron chi connectivity index (χ3n) is 5.40. The van der Waals surface area contributed by atoms with Gasteiger partial charge >= 0.3 is 6.18 Å². The van der Waals surface area contributed by atoms with Crippen LogP contribution in [0.25, 0.3) is 11.8 Å². The molecule has 0 bridgehead atoms. The minimum absolute atomic E-state index is 0.132. The van der Waals surface area contributed by atoms with Crippen molar-refractivity contribution in [1.29, 1.82) is 0 Å². The Morgan fingerprint density at radius 1 is 1.00 bits per heavy atom. The standard InChI is InChI=1S/C24H17F4N3O2S/c1-13-10-15(14(2)30(13)20-9-4-3-8-19(20)25)11-18-21(32)29-23(34)31(22(18)33)17-7-5-6-16(12-17)24(26,27)28/h3-12H,1-2H3,(H,29,32,34)/b18-11+. The van der Waals surface area contributed by atoms with Crippen LogP contribution in [0.1, 0.15) is 22.5 Å². The average Bonchev–Trinajstić information content (AvgIpc) is 3.04. The van der Waals surface area contributed by atoms with E-state index in [1.54, 1.807) is 42.7 Å². The molecule has 0 aliphatic carbocycles. The molecule has 0 atom stereocenters. The molecule has 5 nitrogen and oxygen atoms in total. The third-order valence-corrected chi connectivity index (χ3v) is 5.68. The molecule has 0 unspecified atom stereocenters. The summed E-state index contributed by atoms with van der Waals surface area (Å²) in [6.45, 7) is 3.44. The highest BCUT2D eigenvalue weighted by molar-refractivity contribution is 7.80. The number of hydrogen-bond donors (Lipinski definition) is 1. The van der Waals surface area contributed by atoms with E-state index in [1.165, 1.54) is 18.2 Å². The largest absolute Gasteiger partial charge is 0.416 e. The molecule has 174 valence electrons. The lowest BCUT2D eigenvalue weighted by molar-refractivity contribution is -0.137. The van der Waals surface area contributed by atoms with Crippen LogP contribution in [0, 0.1) is 19.7 Å². The van der Waals surface area contributed by atoms with E-state index in [0.717, 1.165) is 23.1 Å². The summed E-state index contributed by atoms with van der Waals surface area (Å²) < 4.78 is 55.5. The maximum Gasteiger partial charge on any atom is 0.416 e. The van der Waals surface area contributed by atoms with E-state index in [-0.39, 0.29) is 16.4 Å². The molecule has 3 aromatic rings. The first-order chi connectivity index (χ1) is 16.0. The van der Waals surface area contributed by atoms with E-state index in [1.807, 2.05) is 0 Å². The summed E-state index contributed by atoms with van der Waals surface area (Å²) in [6, 6.07) is 11.9. The van der Waals surface area contributed by atoms with Crippen molar-refractivity contribution in [3.8, 4) is 5.69 Å². The number of halogens is 4. The van der Waals surface area contributed by atoms with E-state index in [9.17, 15) is 27.2 Å². The molecule has 1 aliphatic heterocycles. The quantitative estimate of drug-likeness (QED) is 0.243. The first-order valence-electron chi connectivity index (χ1n) is 10.0. The number of carbonyl (C=O) groups is 2. The predicted molar refractivity (Wildman–Crippen MR) is 123 cm³/mol. The Labute approximate surface area is 197 Å². The molecule has 2 amide bonds. The first-order valence-corrected chi connectivity index (χ1v) is 10.4.